The van der Waals surface area contributed by atoms with Gasteiger partial charge in [0.05, 0.1) is 5.76 Å². The lowest BCUT2D eigenvalue weighted by Gasteiger charge is -2.42. The molecule has 0 unspecified atom stereocenters. The molecule has 0 fully saturated rings. The Morgan fingerprint density at radius 1 is 0.933 bits per heavy atom. The highest BCUT2D eigenvalue weighted by atomic mass is 28.4. The first-order chi connectivity index (χ1) is 6.78. The van der Waals surface area contributed by atoms with Crippen molar-refractivity contribution in [3.05, 3.63) is 11.8 Å². The van der Waals surface area contributed by atoms with E-state index in [0.29, 0.717) is 16.6 Å². The molecule has 0 amide bonds. The summed E-state index contributed by atoms with van der Waals surface area (Å²) in [6, 6.07) is 0. The van der Waals surface area contributed by atoms with Crippen LogP contribution >= 0.6 is 0 Å². The molecule has 1 nitrogen and oxygen atoms in total. The van der Waals surface area contributed by atoms with E-state index in [2.05, 4.69) is 61.5 Å². The van der Waals surface area contributed by atoms with Crippen molar-refractivity contribution in [1.29, 1.82) is 0 Å². The molecule has 0 aliphatic rings. The lowest BCUT2D eigenvalue weighted by Crippen LogP contribution is -2.47. The molecule has 0 atom stereocenters. The summed E-state index contributed by atoms with van der Waals surface area (Å²) in [5, 5.41) is 0. The third kappa shape index (κ3) is 3.10. The van der Waals surface area contributed by atoms with Gasteiger partial charge in [-0.15, -0.1) is 0 Å². The zero-order chi connectivity index (χ0) is 12.2. The van der Waals surface area contributed by atoms with Crippen molar-refractivity contribution in [3.63, 3.8) is 0 Å². The van der Waals surface area contributed by atoms with Crippen LogP contribution in [0.2, 0.25) is 16.6 Å². The monoisotopic (exact) mass is 228 g/mol. The summed E-state index contributed by atoms with van der Waals surface area (Å²) >= 11 is 0. The molecule has 0 heterocycles. The van der Waals surface area contributed by atoms with Gasteiger partial charge >= 0.3 is 0 Å². The lowest BCUT2D eigenvalue weighted by molar-refractivity contribution is 0.372. The van der Waals surface area contributed by atoms with E-state index in [1.54, 1.807) is 0 Å². The molecule has 0 N–H and O–H groups in total. The van der Waals surface area contributed by atoms with Gasteiger partial charge in [-0.25, -0.2) is 0 Å². The van der Waals surface area contributed by atoms with Crippen LogP contribution in [0.25, 0.3) is 0 Å². The smallest absolute Gasteiger partial charge is 0.258 e. The first-order valence-electron chi connectivity index (χ1n) is 6.10. The molecule has 0 radical (unpaired) electrons. The quantitative estimate of drug-likeness (QED) is 0.470. The molecular weight excluding hydrogens is 200 g/mol. The average Bonchev–Trinajstić information content (AvgIpc) is 2.11. The van der Waals surface area contributed by atoms with E-state index in [0.717, 1.165) is 5.76 Å². The minimum absolute atomic E-state index is 0.660. The van der Waals surface area contributed by atoms with E-state index in [1.165, 1.54) is 0 Å². The van der Waals surface area contributed by atoms with Crippen molar-refractivity contribution in [2.75, 3.05) is 0 Å². The molecule has 0 aromatic carbocycles. The van der Waals surface area contributed by atoms with Gasteiger partial charge in [-0.3, -0.25) is 0 Å². The van der Waals surface area contributed by atoms with Crippen LogP contribution in [0.15, 0.2) is 11.8 Å². The molecular formula is C13H28OSi. The molecule has 0 rings (SSSR count). The van der Waals surface area contributed by atoms with Gasteiger partial charge in [-0.2, -0.15) is 0 Å². The maximum absolute atomic E-state index is 6.37. The highest BCUT2D eigenvalue weighted by Gasteiger charge is 2.46. The van der Waals surface area contributed by atoms with Crippen LogP contribution in [0.5, 0.6) is 0 Å². The first kappa shape index (κ1) is 14.8. The van der Waals surface area contributed by atoms with Gasteiger partial charge < -0.3 is 4.43 Å². The van der Waals surface area contributed by atoms with Crippen molar-refractivity contribution in [2.24, 2.45) is 0 Å². The van der Waals surface area contributed by atoms with Gasteiger partial charge in [0.25, 0.3) is 8.32 Å². The van der Waals surface area contributed by atoms with E-state index in [1.807, 2.05) is 0 Å². The maximum atomic E-state index is 6.37. The number of hydrogen-bond donors (Lipinski definition) is 0. The molecule has 0 spiro atoms. The predicted octanol–water partition coefficient (Wildman–Crippen LogP) is 5.10. The Hall–Kier alpha value is -0.243. The third-order valence-electron chi connectivity index (χ3n) is 3.45. The van der Waals surface area contributed by atoms with Crippen molar-refractivity contribution < 1.29 is 4.43 Å². The van der Waals surface area contributed by atoms with Crippen LogP contribution in [-0.2, 0) is 4.43 Å². The molecule has 0 saturated heterocycles. The number of hydrogen-bond acceptors (Lipinski definition) is 1. The van der Waals surface area contributed by atoms with Crippen LogP contribution in [0.3, 0.4) is 0 Å². The Balaban J connectivity index is 5.14. The van der Waals surface area contributed by atoms with Gasteiger partial charge in [0, 0.05) is 0 Å². The fourth-order valence-corrected chi connectivity index (χ4v) is 8.07. The van der Waals surface area contributed by atoms with Gasteiger partial charge in [0.1, 0.15) is 0 Å². The van der Waals surface area contributed by atoms with Crippen LogP contribution in [0.1, 0.15) is 55.4 Å². The summed E-state index contributed by atoms with van der Waals surface area (Å²) in [5.41, 5.74) is 1.98. The molecule has 2 heteroatoms. The van der Waals surface area contributed by atoms with Crippen LogP contribution < -0.4 is 0 Å². The zero-order valence-electron chi connectivity index (χ0n) is 11.7. The fraction of sp³-hybridized carbons (Fsp3) is 0.846. The Morgan fingerprint density at radius 3 is 1.47 bits per heavy atom. The minimum atomic E-state index is -1.68. The Morgan fingerprint density at radius 2 is 1.27 bits per heavy atom. The van der Waals surface area contributed by atoms with Crippen molar-refractivity contribution in [3.8, 4) is 0 Å². The second kappa shape index (κ2) is 5.74. The van der Waals surface area contributed by atoms with Gasteiger partial charge in [0.2, 0.25) is 0 Å². The van der Waals surface area contributed by atoms with Crippen molar-refractivity contribution in [2.45, 2.75) is 72.0 Å². The summed E-state index contributed by atoms with van der Waals surface area (Å²) in [6.07, 6.45) is 2.08. The van der Waals surface area contributed by atoms with Crippen LogP contribution in [0, 0.1) is 0 Å². The molecule has 0 aromatic heterocycles. The van der Waals surface area contributed by atoms with E-state index >= 15 is 0 Å². The first-order valence-corrected chi connectivity index (χ1v) is 8.24. The minimum Gasteiger partial charge on any atom is -0.546 e. The molecule has 0 aromatic rings. The van der Waals surface area contributed by atoms with Crippen LogP contribution in [0.4, 0.5) is 0 Å². The van der Waals surface area contributed by atoms with Gasteiger partial charge in [-0.1, -0.05) is 47.6 Å². The summed E-state index contributed by atoms with van der Waals surface area (Å²) in [5.74, 6) is 1.10. The largest absolute Gasteiger partial charge is 0.546 e. The number of rotatable bonds is 5. The molecule has 0 aliphatic heterocycles. The second-order valence-electron chi connectivity index (χ2n) is 5.32. The van der Waals surface area contributed by atoms with Gasteiger partial charge in [-0.05, 0) is 30.5 Å². The van der Waals surface area contributed by atoms with Crippen LogP contribution in [-0.4, -0.2) is 8.32 Å². The second-order valence-corrected chi connectivity index (χ2v) is 10.7. The molecule has 0 saturated carbocycles. The van der Waals surface area contributed by atoms with E-state index < -0.39 is 8.32 Å². The SMILES string of the molecule is C/C=C(/C)O[Si](C(C)C)(C(C)C)C(C)C. The predicted molar refractivity (Wildman–Crippen MR) is 71.6 cm³/mol. The Bertz CT molecular complexity index is 195. The lowest BCUT2D eigenvalue weighted by atomic mass is 10.5. The maximum Gasteiger partial charge on any atom is 0.258 e. The molecule has 90 valence electrons. The molecule has 0 aliphatic carbocycles. The van der Waals surface area contributed by atoms with Crippen molar-refractivity contribution >= 4 is 8.32 Å². The average molecular weight is 228 g/mol. The normalized spacial score (nSPS) is 14.2. The Labute approximate surface area is 97.0 Å². The highest BCUT2D eigenvalue weighted by molar-refractivity contribution is 6.77. The summed E-state index contributed by atoms with van der Waals surface area (Å²) in [7, 11) is -1.68. The van der Waals surface area contributed by atoms with E-state index in [9.17, 15) is 0 Å². The van der Waals surface area contributed by atoms with Gasteiger partial charge in [0.15, 0.2) is 0 Å². The zero-order valence-corrected chi connectivity index (χ0v) is 12.7. The fourth-order valence-electron chi connectivity index (χ4n) is 2.69. The topological polar surface area (TPSA) is 9.23 Å². The summed E-state index contributed by atoms with van der Waals surface area (Å²) < 4.78 is 6.37. The number of allylic oxidation sites excluding steroid dienone is 2. The highest BCUT2D eigenvalue weighted by Crippen LogP contribution is 2.43. The Kier molecular flexibility index (Phi) is 5.64. The third-order valence-corrected chi connectivity index (χ3v) is 9.54. The summed E-state index contributed by atoms with van der Waals surface area (Å²) in [4.78, 5) is 0. The standard InChI is InChI=1S/C13H28OSi/c1-9-13(8)14-15(10(2)3,11(4)5)12(6)7/h9-12H,1-8H3/b13-9-. The molecule has 15 heavy (non-hydrogen) atoms. The molecule has 0 bridgehead atoms. The van der Waals surface area contributed by atoms with E-state index in [-0.39, 0.29) is 0 Å². The van der Waals surface area contributed by atoms with Crippen molar-refractivity contribution in [1.82, 2.24) is 0 Å². The summed E-state index contributed by atoms with van der Waals surface area (Å²) in [6.45, 7) is 18.0. The van der Waals surface area contributed by atoms with E-state index in [4.69, 9.17) is 4.43 Å².